The van der Waals surface area contributed by atoms with Crippen LogP contribution in [-0.2, 0) is 4.79 Å². The number of nitrogens with zero attached hydrogens (tertiary/aromatic N) is 2. The van der Waals surface area contributed by atoms with Gasteiger partial charge in [-0.2, -0.15) is 0 Å². The summed E-state index contributed by atoms with van der Waals surface area (Å²) in [5, 5.41) is 12.0. The van der Waals surface area contributed by atoms with Crippen molar-refractivity contribution in [2.45, 2.75) is 6.42 Å². The first-order valence-corrected chi connectivity index (χ1v) is 7.73. The Kier molecular flexibility index (Phi) is 4.47. The lowest BCUT2D eigenvalue weighted by atomic mass is 10.2. The summed E-state index contributed by atoms with van der Waals surface area (Å²) in [6.07, 6.45) is 0.370. The number of nitro groups is 1. The largest absolute Gasteiger partial charge is 0.305 e. The van der Waals surface area contributed by atoms with Crippen molar-refractivity contribution in [3.63, 3.8) is 0 Å². The van der Waals surface area contributed by atoms with Crippen molar-refractivity contribution in [1.29, 1.82) is 0 Å². The van der Waals surface area contributed by atoms with Crippen molar-refractivity contribution in [2.75, 3.05) is 16.8 Å². The number of anilines is 1. The van der Waals surface area contributed by atoms with Gasteiger partial charge in [0.05, 0.1) is 9.95 Å². The highest BCUT2D eigenvalue weighted by molar-refractivity contribution is 9.10. The molecule has 1 aromatic rings. The number of hydrogen-bond donors (Lipinski definition) is 0. The molecule has 0 aromatic heterocycles. The summed E-state index contributed by atoms with van der Waals surface area (Å²) in [5.41, 5.74) is 0.0197. The fourth-order valence-electron chi connectivity index (χ4n) is 2.06. The number of hydrogen-bond acceptors (Lipinski definition) is 3. The second-order valence-corrected chi connectivity index (χ2v) is 6.21. The van der Waals surface area contributed by atoms with Gasteiger partial charge in [0.2, 0.25) is 5.91 Å². The maximum Gasteiger partial charge on any atom is 0.295 e. The minimum atomic E-state index is -0.527. The molecule has 1 aliphatic rings. The predicted octanol–water partition coefficient (Wildman–Crippen LogP) is 3.76. The van der Waals surface area contributed by atoms with Crippen LogP contribution < -0.4 is 4.90 Å². The van der Waals surface area contributed by atoms with E-state index in [0.717, 1.165) is 0 Å². The van der Waals surface area contributed by atoms with Gasteiger partial charge in [0.25, 0.3) is 5.69 Å². The lowest BCUT2D eigenvalue weighted by Crippen LogP contribution is -2.26. The van der Waals surface area contributed by atoms with Gasteiger partial charge in [0, 0.05) is 28.8 Å². The standard InChI is InChI=1S/C11H9Br2ClN2O3/c12-4-6-1-10(17)15(5-6)11-8(14)2-7(13)3-9(11)16(18)19/h2-3,6H,1,4-5H2. The molecule has 0 aliphatic carbocycles. The highest BCUT2D eigenvalue weighted by Crippen LogP contribution is 2.41. The van der Waals surface area contributed by atoms with Crippen molar-refractivity contribution in [2.24, 2.45) is 5.92 Å². The molecule has 5 nitrogen and oxygen atoms in total. The Morgan fingerprint density at radius 1 is 1.53 bits per heavy atom. The molecule has 0 bridgehead atoms. The van der Waals surface area contributed by atoms with E-state index >= 15 is 0 Å². The summed E-state index contributed by atoms with van der Waals surface area (Å²) < 4.78 is 0.511. The monoisotopic (exact) mass is 410 g/mol. The Balaban J connectivity index is 2.50. The van der Waals surface area contributed by atoms with Gasteiger partial charge >= 0.3 is 0 Å². The Bertz CT molecular complexity index is 553. The highest BCUT2D eigenvalue weighted by atomic mass is 79.9. The van der Waals surface area contributed by atoms with E-state index < -0.39 is 4.92 Å². The first-order chi connectivity index (χ1) is 8.93. The van der Waals surface area contributed by atoms with Crippen molar-refractivity contribution in [3.8, 4) is 0 Å². The van der Waals surface area contributed by atoms with Crippen LogP contribution in [0.3, 0.4) is 0 Å². The van der Waals surface area contributed by atoms with Crippen LogP contribution in [0.1, 0.15) is 6.42 Å². The summed E-state index contributed by atoms with van der Waals surface area (Å²) in [4.78, 5) is 24.0. The van der Waals surface area contributed by atoms with Crippen LogP contribution in [0.4, 0.5) is 11.4 Å². The van der Waals surface area contributed by atoms with Crippen LogP contribution in [0.2, 0.25) is 5.02 Å². The second-order valence-electron chi connectivity index (χ2n) is 4.24. The van der Waals surface area contributed by atoms with Crippen LogP contribution >= 0.6 is 43.5 Å². The lowest BCUT2D eigenvalue weighted by molar-refractivity contribution is -0.384. The molecular weight excluding hydrogens is 403 g/mol. The number of halogens is 3. The number of alkyl halides is 1. The van der Waals surface area contributed by atoms with Crippen LogP contribution in [0.15, 0.2) is 16.6 Å². The van der Waals surface area contributed by atoms with E-state index in [4.69, 9.17) is 11.6 Å². The molecule has 0 radical (unpaired) electrons. The van der Waals surface area contributed by atoms with Crippen molar-refractivity contribution < 1.29 is 9.72 Å². The van der Waals surface area contributed by atoms with Crippen LogP contribution in [0.5, 0.6) is 0 Å². The van der Waals surface area contributed by atoms with Gasteiger partial charge in [-0.05, 0) is 12.0 Å². The molecule has 1 saturated heterocycles. The summed E-state index contributed by atoms with van der Waals surface area (Å²) in [6, 6.07) is 2.91. The Morgan fingerprint density at radius 2 is 2.21 bits per heavy atom. The molecule has 102 valence electrons. The third kappa shape index (κ3) is 2.93. The maximum atomic E-state index is 12.0. The molecule has 1 aliphatic heterocycles. The fraction of sp³-hybridized carbons (Fsp3) is 0.364. The van der Waals surface area contributed by atoms with E-state index in [2.05, 4.69) is 31.9 Å². The fourth-order valence-corrected chi connectivity index (χ4v) is 3.39. The number of carbonyl (C=O) groups is 1. The number of amides is 1. The van der Waals surface area contributed by atoms with E-state index in [1.54, 1.807) is 6.07 Å². The van der Waals surface area contributed by atoms with E-state index in [1.807, 2.05) is 0 Å². The number of benzene rings is 1. The van der Waals surface area contributed by atoms with Gasteiger partial charge in [-0.25, -0.2) is 0 Å². The molecule has 8 heteroatoms. The molecular formula is C11H9Br2ClN2O3. The minimum Gasteiger partial charge on any atom is -0.305 e. The Hall–Kier alpha value is -0.660. The lowest BCUT2D eigenvalue weighted by Gasteiger charge is -2.18. The van der Waals surface area contributed by atoms with E-state index in [1.165, 1.54) is 11.0 Å². The molecule has 2 rings (SSSR count). The average Bonchev–Trinajstić information content (AvgIpc) is 2.69. The molecule has 0 spiro atoms. The normalized spacial score (nSPS) is 19.0. The van der Waals surface area contributed by atoms with Crippen molar-refractivity contribution in [3.05, 3.63) is 31.7 Å². The summed E-state index contributed by atoms with van der Waals surface area (Å²) >= 11 is 12.6. The zero-order valence-electron chi connectivity index (χ0n) is 9.61. The molecule has 1 fully saturated rings. The van der Waals surface area contributed by atoms with Crippen LogP contribution in [-0.4, -0.2) is 22.7 Å². The van der Waals surface area contributed by atoms with Gasteiger partial charge in [0.1, 0.15) is 5.69 Å². The van der Waals surface area contributed by atoms with Crippen LogP contribution in [0, 0.1) is 16.0 Å². The van der Waals surface area contributed by atoms with E-state index in [-0.39, 0.29) is 28.2 Å². The van der Waals surface area contributed by atoms with Gasteiger partial charge in [0.15, 0.2) is 0 Å². The van der Waals surface area contributed by atoms with E-state index in [0.29, 0.717) is 22.8 Å². The van der Waals surface area contributed by atoms with Gasteiger partial charge in [-0.15, -0.1) is 0 Å². The Morgan fingerprint density at radius 3 is 2.74 bits per heavy atom. The zero-order chi connectivity index (χ0) is 14.2. The molecule has 19 heavy (non-hydrogen) atoms. The topological polar surface area (TPSA) is 63.5 Å². The third-order valence-electron chi connectivity index (χ3n) is 2.90. The third-order valence-corrected chi connectivity index (χ3v) is 4.56. The SMILES string of the molecule is O=C1CC(CBr)CN1c1c(Cl)cc(Br)cc1[N+](=O)[O-]. The smallest absolute Gasteiger partial charge is 0.295 e. The quantitative estimate of drug-likeness (QED) is 0.431. The van der Waals surface area contributed by atoms with Crippen molar-refractivity contribution >= 4 is 60.7 Å². The zero-order valence-corrected chi connectivity index (χ0v) is 13.5. The van der Waals surface area contributed by atoms with Crippen molar-refractivity contribution in [1.82, 2.24) is 0 Å². The highest BCUT2D eigenvalue weighted by Gasteiger charge is 2.35. The second kappa shape index (κ2) is 5.76. The number of rotatable bonds is 3. The summed E-state index contributed by atoms with van der Waals surface area (Å²) in [6.45, 7) is 0.437. The Labute approximate surface area is 131 Å². The minimum absolute atomic E-state index is 0.142. The average molecular weight is 412 g/mol. The summed E-state index contributed by atoms with van der Waals surface area (Å²) in [5.74, 6) is 0.00332. The molecule has 0 saturated carbocycles. The number of carbonyl (C=O) groups excluding carboxylic acids is 1. The number of nitro benzene ring substituents is 1. The van der Waals surface area contributed by atoms with Gasteiger partial charge in [-0.1, -0.05) is 43.5 Å². The molecule has 1 heterocycles. The molecule has 1 amide bonds. The predicted molar refractivity (Wildman–Crippen MR) is 80.1 cm³/mol. The maximum absolute atomic E-state index is 12.0. The van der Waals surface area contributed by atoms with Gasteiger partial charge in [-0.3, -0.25) is 14.9 Å². The molecule has 1 atom stereocenters. The first kappa shape index (κ1) is 14.7. The molecule has 1 aromatic carbocycles. The van der Waals surface area contributed by atoms with Gasteiger partial charge < -0.3 is 4.90 Å². The van der Waals surface area contributed by atoms with Crippen LogP contribution in [0.25, 0.3) is 0 Å². The first-order valence-electron chi connectivity index (χ1n) is 5.43. The van der Waals surface area contributed by atoms with E-state index in [9.17, 15) is 14.9 Å². The molecule has 1 unspecified atom stereocenters. The summed E-state index contributed by atoms with van der Waals surface area (Å²) in [7, 11) is 0. The molecule has 0 N–H and O–H groups in total.